The molecule has 0 aliphatic carbocycles. The minimum atomic E-state index is -3.68. The van der Waals surface area contributed by atoms with E-state index in [1.165, 1.54) is 0 Å². The molecule has 134 valence electrons. The number of aryl methyl sites for hydroxylation is 1. The minimum absolute atomic E-state index is 0.00362. The molecule has 26 heavy (non-hydrogen) atoms. The van der Waals surface area contributed by atoms with Gasteiger partial charge in [-0.05, 0) is 36.4 Å². The number of hydrogen-bond acceptors (Lipinski definition) is 5. The van der Waals surface area contributed by atoms with Gasteiger partial charge in [0.25, 0.3) is 5.16 Å². The molecule has 0 radical (unpaired) electrons. The van der Waals surface area contributed by atoms with Crippen LogP contribution < -0.4 is 4.74 Å². The molecule has 9 heteroatoms. The lowest BCUT2D eigenvalue weighted by molar-refractivity contribution is 0.340. The predicted molar refractivity (Wildman–Crippen MR) is 98.5 cm³/mol. The van der Waals surface area contributed by atoms with Crippen LogP contribution in [0.5, 0.6) is 5.75 Å². The van der Waals surface area contributed by atoms with E-state index >= 15 is 0 Å². The van der Waals surface area contributed by atoms with Gasteiger partial charge in [0.15, 0.2) is 0 Å². The van der Waals surface area contributed by atoms with Crippen molar-refractivity contribution in [3.8, 4) is 5.75 Å². The van der Waals surface area contributed by atoms with Gasteiger partial charge in [0.05, 0.1) is 16.8 Å². The van der Waals surface area contributed by atoms with E-state index in [0.29, 0.717) is 16.5 Å². The van der Waals surface area contributed by atoms with Gasteiger partial charge in [0.2, 0.25) is 15.6 Å². The van der Waals surface area contributed by atoms with Gasteiger partial charge in [-0.2, -0.15) is 0 Å². The van der Waals surface area contributed by atoms with Crippen molar-refractivity contribution in [1.29, 1.82) is 0 Å². The van der Waals surface area contributed by atoms with Crippen molar-refractivity contribution in [2.24, 2.45) is 7.05 Å². The lowest BCUT2D eigenvalue weighted by atomic mass is 10.3. The third kappa shape index (κ3) is 2.81. The van der Waals surface area contributed by atoms with Gasteiger partial charge in [-0.25, -0.2) is 12.8 Å². The summed E-state index contributed by atoms with van der Waals surface area (Å²) < 4.78 is 34.4. The van der Waals surface area contributed by atoms with Gasteiger partial charge in [-0.1, -0.05) is 23.7 Å². The van der Waals surface area contributed by atoms with E-state index in [-0.39, 0.29) is 17.5 Å². The van der Waals surface area contributed by atoms with Gasteiger partial charge < -0.3 is 9.30 Å². The highest BCUT2D eigenvalue weighted by Crippen LogP contribution is 2.22. The van der Waals surface area contributed by atoms with Crippen LogP contribution in [0.25, 0.3) is 16.8 Å². The summed E-state index contributed by atoms with van der Waals surface area (Å²) in [5.41, 5.74) is 1.62. The third-order valence-corrected chi connectivity index (χ3v) is 5.89. The van der Waals surface area contributed by atoms with Crippen LogP contribution in [0, 0.1) is 0 Å². The van der Waals surface area contributed by atoms with Crippen molar-refractivity contribution < 1.29 is 13.2 Å². The molecule has 4 rings (SSSR count). The number of halogens is 1. The van der Waals surface area contributed by atoms with E-state index in [2.05, 4.69) is 10.2 Å². The Morgan fingerprint density at radius 2 is 1.73 bits per heavy atom. The number of hydrogen-bond donors (Lipinski definition) is 0. The quantitative estimate of drug-likeness (QED) is 0.523. The molecule has 0 aliphatic heterocycles. The minimum Gasteiger partial charge on any atom is -0.493 e. The predicted octanol–water partition coefficient (Wildman–Crippen LogP) is 2.73. The smallest absolute Gasteiger partial charge is 0.256 e. The molecule has 4 aromatic rings. The number of aromatic nitrogens is 4. The molecule has 7 nitrogen and oxygen atoms in total. The summed E-state index contributed by atoms with van der Waals surface area (Å²) in [6, 6.07) is 14.2. The number of benzene rings is 2. The Kier molecular flexibility index (Phi) is 4.08. The molecule has 2 aromatic heterocycles. The zero-order valence-corrected chi connectivity index (χ0v) is 15.4. The molecule has 0 saturated heterocycles. The Morgan fingerprint density at radius 3 is 2.46 bits per heavy atom. The van der Waals surface area contributed by atoms with Crippen LogP contribution in [-0.2, 0) is 16.9 Å². The van der Waals surface area contributed by atoms with Crippen LogP contribution in [0.1, 0.15) is 0 Å². The fourth-order valence-electron chi connectivity index (χ4n) is 2.83. The number of sulfone groups is 1. The van der Waals surface area contributed by atoms with Crippen molar-refractivity contribution in [1.82, 2.24) is 19.2 Å². The highest BCUT2D eigenvalue weighted by Gasteiger charge is 2.25. The Labute approximate surface area is 154 Å². The van der Waals surface area contributed by atoms with E-state index in [4.69, 9.17) is 16.3 Å². The van der Waals surface area contributed by atoms with Crippen LogP contribution in [0.15, 0.2) is 53.7 Å². The van der Waals surface area contributed by atoms with Crippen LogP contribution in [0.4, 0.5) is 0 Å². The van der Waals surface area contributed by atoms with Crippen molar-refractivity contribution in [3.05, 3.63) is 53.6 Å². The maximum absolute atomic E-state index is 12.8. The number of nitrogens with zero attached hydrogens (tertiary/aromatic N) is 4. The molecule has 0 N–H and O–H groups in total. The third-order valence-electron chi connectivity index (χ3n) is 4.11. The molecular formula is C17H15ClN4O3S. The van der Waals surface area contributed by atoms with Gasteiger partial charge in [0, 0.05) is 12.1 Å². The molecule has 0 bridgehead atoms. The van der Waals surface area contributed by atoms with Gasteiger partial charge in [-0.15, -0.1) is 10.2 Å². The molecule has 0 fully saturated rings. The lowest BCUT2D eigenvalue weighted by Gasteiger charge is -2.06. The van der Waals surface area contributed by atoms with Crippen LogP contribution in [0.3, 0.4) is 0 Å². The zero-order chi connectivity index (χ0) is 18.3. The fraction of sp³-hybridized carbons (Fsp3) is 0.176. The monoisotopic (exact) mass is 390 g/mol. The summed E-state index contributed by atoms with van der Waals surface area (Å²) >= 11 is 5.82. The largest absolute Gasteiger partial charge is 0.493 e. The summed E-state index contributed by atoms with van der Waals surface area (Å²) in [6.45, 7) is 0.00362. The van der Waals surface area contributed by atoms with Crippen LogP contribution >= 0.6 is 11.6 Å². The highest BCUT2D eigenvalue weighted by molar-refractivity contribution is 7.91. The molecule has 2 aromatic carbocycles. The molecule has 0 saturated carbocycles. The van der Waals surface area contributed by atoms with E-state index in [1.54, 1.807) is 28.7 Å². The number of ether oxygens (including phenoxy) is 1. The first kappa shape index (κ1) is 16.9. The number of fused-ring (bicyclic) bond motifs is 3. The Bertz CT molecular complexity index is 1200. The summed E-state index contributed by atoms with van der Waals surface area (Å²) in [5, 5.41) is 8.46. The molecule has 0 atom stereocenters. The number of imidazole rings is 1. The fourth-order valence-corrected chi connectivity index (χ4v) is 4.06. The standard InChI is InChI=1S/C17H15ClN4O3S/c1-21-14-4-2-3-5-15(14)22-16(21)19-20-17(22)26(23,24)11-10-25-13-8-6-12(18)7-9-13/h2-9H,10-11H2,1H3. The average Bonchev–Trinajstić information content (AvgIpc) is 3.18. The molecule has 0 amide bonds. The van der Waals surface area contributed by atoms with Gasteiger partial charge in [0.1, 0.15) is 12.4 Å². The van der Waals surface area contributed by atoms with E-state index < -0.39 is 9.84 Å². The number of para-hydroxylation sites is 2. The summed E-state index contributed by atoms with van der Waals surface area (Å²) in [7, 11) is -1.85. The van der Waals surface area contributed by atoms with Crippen LogP contribution in [-0.4, -0.2) is 39.9 Å². The first-order valence-electron chi connectivity index (χ1n) is 7.87. The number of rotatable bonds is 5. The molecule has 0 aliphatic rings. The second-order valence-corrected chi connectivity index (χ2v) is 8.23. The molecular weight excluding hydrogens is 376 g/mol. The van der Waals surface area contributed by atoms with E-state index in [1.807, 2.05) is 35.9 Å². The van der Waals surface area contributed by atoms with Crippen molar-refractivity contribution in [2.45, 2.75) is 5.16 Å². The first-order valence-corrected chi connectivity index (χ1v) is 9.90. The van der Waals surface area contributed by atoms with Crippen LogP contribution in [0.2, 0.25) is 5.02 Å². The van der Waals surface area contributed by atoms with Crippen molar-refractivity contribution in [3.63, 3.8) is 0 Å². The highest BCUT2D eigenvalue weighted by atomic mass is 35.5. The normalized spacial score (nSPS) is 12.1. The Hall–Kier alpha value is -2.58. The Balaban J connectivity index is 1.63. The maximum Gasteiger partial charge on any atom is 0.256 e. The molecule has 2 heterocycles. The van der Waals surface area contributed by atoms with E-state index in [9.17, 15) is 8.42 Å². The van der Waals surface area contributed by atoms with Crippen molar-refractivity contribution in [2.75, 3.05) is 12.4 Å². The zero-order valence-electron chi connectivity index (χ0n) is 13.8. The SMILES string of the molecule is Cn1c2ccccc2n2c(S(=O)(=O)CCOc3ccc(Cl)cc3)nnc12. The second kappa shape index (κ2) is 6.30. The lowest BCUT2D eigenvalue weighted by Crippen LogP contribution is -2.16. The summed E-state index contributed by atoms with van der Waals surface area (Å²) in [6.07, 6.45) is 0. The summed E-state index contributed by atoms with van der Waals surface area (Å²) in [5.74, 6) is 0.823. The molecule has 0 spiro atoms. The summed E-state index contributed by atoms with van der Waals surface area (Å²) in [4.78, 5) is 0. The topological polar surface area (TPSA) is 78.5 Å². The average molecular weight is 391 g/mol. The van der Waals surface area contributed by atoms with Crippen molar-refractivity contribution >= 4 is 38.2 Å². The second-order valence-electron chi connectivity index (χ2n) is 5.79. The van der Waals surface area contributed by atoms with Gasteiger partial charge in [-0.3, -0.25) is 0 Å². The van der Waals surface area contributed by atoms with Gasteiger partial charge >= 0.3 is 0 Å². The first-order chi connectivity index (χ1) is 12.5. The maximum atomic E-state index is 12.8. The Morgan fingerprint density at radius 1 is 1.04 bits per heavy atom. The van der Waals surface area contributed by atoms with E-state index in [0.717, 1.165) is 11.0 Å². The molecule has 0 unspecified atom stereocenters.